The molecule has 0 aliphatic carbocycles. The number of piperazine rings is 1. The average Bonchev–Trinajstić information content (AvgIpc) is 2.86. The minimum atomic E-state index is -1.03. The molecule has 2 fully saturated rings. The van der Waals surface area contributed by atoms with Crippen LogP contribution in [-0.4, -0.2) is 54.5 Å². The fourth-order valence-electron chi connectivity index (χ4n) is 3.14. The Morgan fingerprint density at radius 1 is 1.16 bits per heavy atom. The second-order valence-corrected chi connectivity index (χ2v) is 6.58. The first-order valence-corrected chi connectivity index (χ1v) is 8.29. The van der Waals surface area contributed by atoms with E-state index >= 15 is 0 Å². The van der Waals surface area contributed by atoms with Crippen LogP contribution in [0.2, 0.25) is 0 Å². The van der Waals surface area contributed by atoms with Gasteiger partial charge >= 0.3 is 6.03 Å². The van der Waals surface area contributed by atoms with Crippen molar-refractivity contribution < 1.29 is 18.8 Å². The number of hydrogen-bond donors (Lipinski definition) is 2. The van der Waals surface area contributed by atoms with Gasteiger partial charge in [0.25, 0.3) is 5.91 Å². The first kappa shape index (κ1) is 17.2. The van der Waals surface area contributed by atoms with E-state index in [0.29, 0.717) is 26.2 Å². The van der Waals surface area contributed by atoms with Crippen molar-refractivity contribution in [2.75, 3.05) is 31.1 Å². The number of carbonyl (C=O) groups excluding carboxylic acids is 3. The van der Waals surface area contributed by atoms with Gasteiger partial charge in [-0.15, -0.1) is 0 Å². The van der Waals surface area contributed by atoms with Gasteiger partial charge in [-0.25, -0.2) is 9.18 Å². The number of amides is 4. The normalized spacial score (nSPS) is 23.4. The lowest BCUT2D eigenvalue weighted by molar-refractivity contribution is -0.132. The maximum Gasteiger partial charge on any atom is 0.322 e. The van der Waals surface area contributed by atoms with Crippen molar-refractivity contribution in [2.45, 2.75) is 25.3 Å². The number of nitrogens with zero attached hydrogens (tertiary/aromatic N) is 2. The predicted octanol–water partition coefficient (Wildman–Crippen LogP) is 0.853. The summed E-state index contributed by atoms with van der Waals surface area (Å²) in [5, 5.41) is 4.75. The van der Waals surface area contributed by atoms with Gasteiger partial charge in [0.1, 0.15) is 11.4 Å². The molecule has 1 aromatic rings. The van der Waals surface area contributed by atoms with Crippen molar-refractivity contribution in [3.8, 4) is 0 Å². The SMILES string of the molecule is CC1(CCC(=O)N2CCN(c3ccc(F)cc3)CC2)NC(=O)NC1=O. The lowest BCUT2D eigenvalue weighted by atomic mass is 9.96. The molecule has 2 aliphatic rings. The van der Waals surface area contributed by atoms with E-state index in [-0.39, 0.29) is 24.6 Å². The van der Waals surface area contributed by atoms with Crippen LogP contribution < -0.4 is 15.5 Å². The van der Waals surface area contributed by atoms with Gasteiger partial charge in [0.05, 0.1) is 0 Å². The first-order valence-electron chi connectivity index (χ1n) is 8.29. The Kier molecular flexibility index (Phi) is 4.61. The van der Waals surface area contributed by atoms with Crippen molar-refractivity contribution in [1.29, 1.82) is 0 Å². The van der Waals surface area contributed by atoms with Gasteiger partial charge in [0.15, 0.2) is 0 Å². The third-order valence-corrected chi connectivity index (χ3v) is 4.78. The van der Waals surface area contributed by atoms with Gasteiger partial charge < -0.3 is 15.1 Å². The molecule has 2 N–H and O–H groups in total. The molecule has 1 aromatic carbocycles. The fourth-order valence-corrected chi connectivity index (χ4v) is 3.14. The molecule has 134 valence electrons. The van der Waals surface area contributed by atoms with Gasteiger partial charge in [-0.1, -0.05) is 0 Å². The highest BCUT2D eigenvalue weighted by molar-refractivity contribution is 6.06. The highest BCUT2D eigenvalue weighted by Crippen LogP contribution is 2.20. The molecule has 25 heavy (non-hydrogen) atoms. The summed E-state index contributed by atoms with van der Waals surface area (Å²) in [5.74, 6) is -0.700. The van der Waals surface area contributed by atoms with E-state index < -0.39 is 17.5 Å². The molecule has 0 bridgehead atoms. The number of benzene rings is 1. The van der Waals surface area contributed by atoms with E-state index in [1.165, 1.54) is 12.1 Å². The molecule has 2 saturated heterocycles. The van der Waals surface area contributed by atoms with Crippen molar-refractivity contribution in [1.82, 2.24) is 15.5 Å². The Labute approximate surface area is 145 Å². The summed E-state index contributed by atoms with van der Waals surface area (Å²) < 4.78 is 13.0. The van der Waals surface area contributed by atoms with E-state index in [1.54, 1.807) is 24.0 Å². The van der Waals surface area contributed by atoms with Crippen LogP contribution >= 0.6 is 0 Å². The van der Waals surface area contributed by atoms with Crippen molar-refractivity contribution in [2.24, 2.45) is 0 Å². The standard InChI is InChI=1S/C17H21FN4O3/c1-17(15(24)19-16(25)20-17)7-6-14(23)22-10-8-21(9-11-22)13-4-2-12(18)3-5-13/h2-5H,6-11H2,1H3,(H2,19,20,24,25). The molecule has 0 spiro atoms. The topological polar surface area (TPSA) is 81.8 Å². The van der Waals surface area contributed by atoms with E-state index in [1.807, 2.05) is 0 Å². The van der Waals surface area contributed by atoms with E-state index in [2.05, 4.69) is 15.5 Å². The molecule has 1 unspecified atom stereocenters. The van der Waals surface area contributed by atoms with Crippen molar-refractivity contribution in [3.63, 3.8) is 0 Å². The highest BCUT2D eigenvalue weighted by atomic mass is 19.1. The van der Waals surface area contributed by atoms with Crippen LogP contribution in [0.4, 0.5) is 14.9 Å². The van der Waals surface area contributed by atoms with Crippen molar-refractivity contribution in [3.05, 3.63) is 30.1 Å². The van der Waals surface area contributed by atoms with Crippen LogP contribution in [-0.2, 0) is 9.59 Å². The summed E-state index contributed by atoms with van der Waals surface area (Å²) in [6, 6.07) is 5.79. The van der Waals surface area contributed by atoms with Crippen LogP contribution in [0.15, 0.2) is 24.3 Å². The number of hydrogen-bond acceptors (Lipinski definition) is 4. The van der Waals surface area contributed by atoms with E-state index in [4.69, 9.17) is 0 Å². The summed E-state index contributed by atoms with van der Waals surface area (Å²) in [5.41, 5.74) is -0.0887. The Morgan fingerprint density at radius 2 is 1.80 bits per heavy atom. The Bertz CT molecular complexity index is 686. The van der Waals surface area contributed by atoms with Crippen LogP contribution in [0.1, 0.15) is 19.8 Å². The molecule has 0 aromatic heterocycles. The zero-order valence-electron chi connectivity index (χ0n) is 14.0. The molecule has 7 nitrogen and oxygen atoms in total. The Morgan fingerprint density at radius 3 is 2.36 bits per heavy atom. The minimum absolute atomic E-state index is 0.0334. The zero-order chi connectivity index (χ0) is 18.0. The van der Waals surface area contributed by atoms with Crippen molar-refractivity contribution >= 4 is 23.5 Å². The predicted molar refractivity (Wildman–Crippen MR) is 89.5 cm³/mol. The number of nitrogens with one attached hydrogen (secondary N) is 2. The summed E-state index contributed by atoms with van der Waals surface area (Å²) in [7, 11) is 0. The average molecular weight is 348 g/mol. The van der Waals surface area contributed by atoms with Crippen LogP contribution in [0.25, 0.3) is 0 Å². The first-order chi connectivity index (χ1) is 11.9. The number of rotatable bonds is 4. The van der Waals surface area contributed by atoms with Crippen LogP contribution in [0.3, 0.4) is 0 Å². The maximum absolute atomic E-state index is 13.0. The largest absolute Gasteiger partial charge is 0.368 e. The van der Waals surface area contributed by atoms with Gasteiger partial charge in [0, 0.05) is 38.3 Å². The summed E-state index contributed by atoms with van der Waals surface area (Å²) in [4.78, 5) is 39.3. The second kappa shape index (κ2) is 6.70. The van der Waals surface area contributed by atoms with E-state index in [9.17, 15) is 18.8 Å². The molecular formula is C17H21FN4O3. The summed E-state index contributed by atoms with van der Waals surface area (Å²) >= 11 is 0. The van der Waals surface area contributed by atoms with Gasteiger partial charge in [-0.2, -0.15) is 0 Å². The van der Waals surface area contributed by atoms with E-state index in [0.717, 1.165) is 5.69 Å². The minimum Gasteiger partial charge on any atom is -0.368 e. The number of halogens is 1. The zero-order valence-corrected chi connectivity index (χ0v) is 14.0. The fraction of sp³-hybridized carbons (Fsp3) is 0.471. The summed E-state index contributed by atoms with van der Waals surface area (Å²) in [6.07, 6.45) is 0.461. The lowest BCUT2D eigenvalue weighted by Gasteiger charge is -2.36. The Hall–Kier alpha value is -2.64. The monoisotopic (exact) mass is 348 g/mol. The molecule has 8 heteroatoms. The molecule has 3 rings (SSSR count). The quantitative estimate of drug-likeness (QED) is 0.791. The molecule has 2 aliphatic heterocycles. The molecule has 2 heterocycles. The third-order valence-electron chi connectivity index (χ3n) is 4.78. The molecule has 0 radical (unpaired) electrons. The van der Waals surface area contributed by atoms with Gasteiger partial charge in [-0.3, -0.25) is 14.9 Å². The molecule has 0 saturated carbocycles. The lowest BCUT2D eigenvalue weighted by Crippen LogP contribution is -2.50. The number of imide groups is 1. The van der Waals surface area contributed by atoms with Crippen LogP contribution in [0, 0.1) is 5.82 Å². The molecular weight excluding hydrogens is 327 g/mol. The number of carbonyl (C=O) groups is 3. The smallest absolute Gasteiger partial charge is 0.322 e. The number of anilines is 1. The maximum atomic E-state index is 13.0. The Balaban J connectivity index is 1.49. The second-order valence-electron chi connectivity index (χ2n) is 6.58. The number of urea groups is 1. The summed E-state index contributed by atoms with van der Waals surface area (Å²) in [6.45, 7) is 4.11. The molecule has 4 amide bonds. The highest BCUT2D eigenvalue weighted by Gasteiger charge is 2.42. The van der Waals surface area contributed by atoms with Crippen LogP contribution in [0.5, 0.6) is 0 Å². The van der Waals surface area contributed by atoms with Gasteiger partial charge in [0.2, 0.25) is 5.91 Å². The molecule has 1 atom stereocenters. The van der Waals surface area contributed by atoms with Gasteiger partial charge in [-0.05, 0) is 37.6 Å². The third kappa shape index (κ3) is 3.72.